The summed E-state index contributed by atoms with van der Waals surface area (Å²) in [4.78, 5) is 0. The largest absolute Gasteiger partial charge is 0.378 e. The van der Waals surface area contributed by atoms with Gasteiger partial charge < -0.3 is 15.2 Å². The van der Waals surface area contributed by atoms with E-state index in [1.165, 1.54) is 0 Å². The standard InChI is InChI=1S/C5H12ClNO2/c6-5-9-4-3-8-2-1-7/h1-5,7H2. The molecule has 0 aliphatic heterocycles. The predicted octanol–water partition coefficient (Wildman–Crippen LogP) is 0.175. The molecule has 0 saturated heterocycles. The predicted molar refractivity (Wildman–Crippen MR) is 36.5 cm³/mol. The van der Waals surface area contributed by atoms with Crippen LogP contribution in [0.1, 0.15) is 0 Å². The Morgan fingerprint density at radius 1 is 1.11 bits per heavy atom. The minimum Gasteiger partial charge on any atom is -0.378 e. The quantitative estimate of drug-likeness (QED) is 0.437. The fraction of sp³-hybridized carbons (Fsp3) is 1.00. The van der Waals surface area contributed by atoms with Crippen molar-refractivity contribution in [1.29, 1.82) is 0 Å². The van der Waals surface area contributed by atoms with Gasteiger partial charge in [0.05, 0.1) is 19.8 Å². The van der Waals surface area contributed by atoms with Gasteiger partial charge in [-0.15, -0.1) is 0 Å². The summed E-state index contributed by atoms with van der Waals surface area (Å²) in [7, 11) is 0. The second-order valence-corrected chi connectivity index (χ2v) is 1.64. The Bertz CT molecular complexity index is 48.2. The van der Waals surface area contributed by atoms with E-state index in [0.29, 0.717) is 26.4 Å². The normalized spacial score (nSPS) is 10.0. The molecule has 4 heteroatoms. The molecule has 56 valence electrons. The zero-order valence-corrected chi connectivity index (χ0v) is 6.06. The van der Waals surface area contributed by atoms with E-state index in [0.717, 1.165) is 0 Å². The van der Waals surface area contributed by atoms with E-state index >= 15 is 0 Å². The topological polar surface area (TPSA) is 44.5 Å². The number of ether oxygens (including phenoxy) is 2. The smallest absolute Gasteiger partial charge is 0.120 e. The molecule has 9 heavy (non-hydrogen) atoms. The van der Waals surface area contributed by atoms with E-state index in [9.17, 15) is 0 Å². The third kappa shape index (κ3) is 8.17. The second-order valence-electron chi connectivity index (χ2n) is 1.42. The minimum absolute atomic E-state index is 0.228. The van der Waals surface area contributed by atoms with Crippen molar-refractivity contribution in [2.75, 3.05) is 32.4 Å². The Balaban J connectivity index is 2.60. The van der Waals surface area contributed by atoms with Gasteiger partial charge in [0, 0.05) is 6.54 Å². The van der Waals surface area contributed by atoms with Gasteiger partial charge in [-0.25, -0.2) is 0 Å². The fourth-order valence-corrected chi connectivity index (χ4v) is 0.467. The van der Waals surface area contributed by atoms with Crippen LogP contribution < -0.4 is 5.73 Å². The van der Waals surface area contributed by atoms with Crippen LogP contribution in [0.2, 0.25) is 0 Å². The summed E-state index contributed by atoms with van der Waals surface area (Å²) >= 11 is 5.21. The number of rotatable bonds is 6. The van der Waals surface area contributed by atoms with E-state index in [-0.39, 0.29) is 6.07 Å². The number of nitrogens with two attached hydrogens (primary N) is 1. The third-order valence-electron chi connectivity index (χ3n) is 0.711. The summed E-state index contributed by atoms with van der Waals surface area (Å²) in [6.07, 6.45) is 0. The maximum atomic E-state index is 5.21. The molecule has 0 aliphatic rings. The Morgan fingerprint density at radius 3 is 2.33 bits per heavy atom. The second kappa shape index (κ2) is 8.17. The third-order valence-corrected chi connectivity index (χ3v) is 0.866. The Labute approximate surface area is 60.1 Å². The van der Waals surface area contributed by atoms with Crippen LogP contribution in [0.5, 0.6) is 0 Å². The van der Waals surface area contributed by atoms with Gasteiger partial charge in [0.2, 0.25) is 0 Å². The molecular weight excluding hydrogens is 142 g/mol. The van der Waals surface area contributed by atoms with Crippen molar-refractivity contribution in [3.8, 4) is 0 Å². The molecule has 0 aromatic carbocycles. The number of halogens is 1. The zero-order valence-electron chi connectivity index (χ0n) is 5.31. The summed E-state index contributed by atoms with van der Waals surface area (Å²) < 4.78 is 9.76. The van der Waals surface area contributed by atoms with Gasteiger partial charge in [-0.05, 0) is 0 Å². The van der Waals surface area contributed by atoms with Crippen LogP contribution in [0.25, 0.3) is 0 Å². The van der Waals surface area contributed by atoms with Crippen LogP contribution in [-0.4, -0.2) is 32.4 Å². The van der Waals surface area contributed by atoms with Crippen molar-refractivity contribution in [2.24, 2.45) is 5.73 Å². The summed E-state index contributed by atoms with van der Waals surface area (Å²) in [6.45, 7) is 2.26. The number of hydrogen-bond donors (Lipinski definition) is 1. The van der Waals surface area contributed by atoms with Crippen molar-refractivity contribution >= 4 is 11.6 Å². The van der Waals surface area contributed by atoms with Gasteiger partial charge in [0.15, 0.2) is 0 Å². The molecule has 0 saturated carbocycles. The fourth-order valence-electron chi connectivity index (χ4n) is 0.358. The highest BCUT2D eigenvalue weighted by Crippen LogP contribution is 1.79. The van der Waals surface area contributed by atoms with Gasteiger partial charge in [-0.1, -0.05) is 11.6 Å². The van der Waals surface area contributed by atoms with E-state index in [1.54, 1.807) is 0 Å². The zero-order chi connectivity index (χ0) is 6.95. The monoisotopic (exact) mass is 153 g/mol. The molecular formula is C5H12ClNO2. The molecule has 0 unspecified atom stereocenters. The van der Waals surface area contributed by atoms with Gasteiger partial charge in [-0.2, -0.15) is 0 Å². The van der Waals surface area contributed by atoms with Crippen LogP contribution in [-0.2, 0) is 9.47 Å². The van der Waals surface area contributed by atoms with Gasteiger partial charge in [0.25, 0.3) is 0 Å². The van der Waals surface area contributed by atoms with Crippen molar-refractivity contribution in [3.05, 3.63) is 0 Å². The molecule has 0 heterocycles. The first-order valence-corrected chi connectivity index (χ1v) is 3.36. The molecule has 0 atom stereocenters. The van der Waals surface area contributed by atoms with E-state index < -0.39 is 0 Å². The van der Waals surface area contributed by atoms with Crippen LogP contribution in [0.15, 0.2) is 0 Å². The van der Waals surface area contributed by atoms with E-state index in [1.807, 2.05) is 0 Å². The number of hydrogen-bond acceptors (Lipinski definition) is 3. The summed E-state index contributed by atoms with van der Waals surface area (Å²) in [5.74, 6) is 0. The average molecular weight is 154 g/mol. The lowest BCUT2D eigenvalue weighted by Crippen LogP contribution is -2.11. The molecule has 0 spiro atoms. The summed E-state index contributed by atoms with van der Waals surface area (Å²) in [5.41, 5.74) is 5.15. The minimum atomic E-state index is 0.228. The summed E-state index contributed by atoms with van der Waals surface area (Å²) in [5, 5.41) is 0. The van der Waals surface area contributed by atoms with Crippen molar-refractivity contribution in [2.45, 2.75) is 0 Å². The van der Waals surface area contributed by atoms with E-state index in [2.05, 4.69) is 0 Å². The van der Waals surface area contributed by atoms with Gasteiger partial charge in [0.1, 0.15) is 6.07 Å². The lowest BCUT2D eigenvalue weighted by molar-refractivity contribution is 0.0680. The molecule has 3 nitrogen and oxygen atoms in total. The lowest BCUT2D eigenvalue weighted by Gasteiger charge is -2.00. The first-order valence-electron chi connectivity index (χ1n) is 2.83. The Morgan fingerprint density at radius 2 is 1.78 bits per heavy atom. The molecule has 0 radical (unpaired) electrons. The molecule has 0 aromatic rings. The lowest BCUT2D eigenvalue weighted by atomic mass is 10.7. The van der Waals surface area contributed by atoms with Crippen molar-refractivity contribution < 1.29 is 9.47 Å². The first-order chi connectivity index (χ1) is 4.41. The Hall–Kier alpha value is 0.170. The highest BCUT2D eigenvalue weighted by atomic mass is 35.5. The maximum Gasteiger partial charge on any atom is 0.120 e. The molecule has 0 bridgehead atoms. The Kier molecular flexibility index (Phi) is 8.32. The van der Waals surface area contributed by atoms with Crippen LogP contribution in [0, 0.1) is 0 Å². The molecule has 0 aromatic heterocycles. The molecule has 2 N–H and O–H groups in total. The van der Waals surface area contributed by atoms with Crippen LogP contribution in [0.4, 0.5) is 0 Å². The molecule has 0 fully saturated rings. The molecule has 0 amide bonds. The van der Waals surface area contributed by atoms with Gasteiger partial charge in [-0.3, -0.25) is 0 Å². The van der Waals surface area contributed by atoms with Crippen molar-refractivity contribution in [3.63, 3.8) is 0 Å². The SMILES string of the molecule is NCCOCCOCCl. The average Bonchev–Trinajstić information content (AvgIpc) is 1.89. The van der Waals surface area contributed by atoms with Crippen LogP contribution in [0.3, 0.4) is 0 Å². The maximum absolute atomic E-state index is 5.21. The summed E-state index contributed by atoms with van der Waals surface area (Å²) in [6, 6.07) is 0.228. The first kappa shape index (κ1) is 9.17. The molecule has 0 rings (SSSR count). The van der Waals surface area contributed by atoms with Crippen LogP contribution >= 0.6 is 11.6 Å². The van der Waals surface area contributed by atoms with E-state index in [4.69, 9.17) is 26.8 Å². The van der Waals surface area contributed by atoms with Crippen molar-refractivity contribution in [1.82, 2.24) is 0 Å². The van der Waals surface area contributed by atoms with Gasteiger partial charge >= 0.3 is 0 Å². The number of alkyl halides is 1. The highest BCUT2D eigenvalue weighted by molar-refractivity contribution is 6.17. The highest BCUT2D eigenvalue weighted by Gasteiger charge is 1.84. The molecule has 0 aliphatic carbocycles.